The normalized spacial score (nSPS) is 17.2. The van der Waals surface area contributed by atoms with Gasteiger partial charge in [0.05, 0.1) is 25.3 Å². The first-order valence-electron chi connectivity index (χ1n) is 10.9. The van der Waals surface area contributed by atoms with Crippen molar-refractivity contribution in [1.82, 2.24) is 0 Å². The Morgan fingerprint density at radius 2 is 1.79 bits per heavy atom. The SMILES string of the molecule is CCOc1ccc(C(=O)C[C@]2(O)C(=O)N(Cc3cc(C)ccc3C)c3ccc(Br)cc32)cc1. The molecule has 1 atom stereocenters. The van der Waals surface area contributed by atoms with Crippen molar-refractivity contribution in [2.24, 2.45) is 0 Å². The van der Waals surface area contributed by atoms with Crippen LogP contribution < -0.4 is 9.64 Å². The second-order valence-corrected chi connectivity index (χ2v) is 9.32. The van der Waals surface area contributed by atoms with Crippen LogP contribution in [-0.4, -0.2) is 23.4 Å². The number of amides is 1. The third kappa shape index (κ3) is 4.45. The number of benzene rings is 3. The van der Waals surface area contributed by atoms with Gasteiger partial charge in [-0.15, -0.1) is 0 Å². The Kier molecular flexibility index (Phi) is 6.41. The molecular formula is C27H26BrNO4. The van der Waals surface area contributed by atoms with Gasteiger partial charge in [-0.1, -0.05) is 39.7 Å². The highest BCUT2D eigenvalue weighted by atomic mass is 79.9. The van der Waals surface area contributed by atoms with Gasteiger partial charge < -0.3 is 14.7 Å². The molecule has 1 aliphatic heterocycles. The number of hydrogen-bond acceptors (Lipinski definition) is 4. The molecule has 0 bridgehead atoms. The molecular weight excluding hydrogens is 482 g/mol. The number of rotatable bonds is 7. The van der Waals surface area contributed by atoms with E-state index in [0.29, 0.717) is 35.7 Å². The lowest BCUT2D eigenvalue weighted by Crippen LogP contribution is -2.41. The minimum absolute atomic E-state index is 0.312. The summed E-state index contributed by atoms with van der Waals surface area (Å²) in [4.78, 5) is 28.3. The van der Waals surface area contributed by atoms with Gasteiger partial charge in [0.2, 0.25) is 0 Å². The zero-order valence-corrected chi connectivity index (χ0v) is 20.5. The second kappa shape index (κ2) is 9.12. The molecule has 0 saturated heterocycles. The molecule has 0 aliphatic carbocycles. The smallest absolute Gasteiger partial charge is 0.264 e. The Balaban J connectivity index is 1.67. The fraction of sp³-hybridized carbons (Fsp3) is 0.259. The number of fused-ring (bicyclic) bond motifs is 1. The number of halogens is 1. The molecule has 0 aromatic heterocycles. The molecule has 1 N–H and O–H groups in total. The van der Waals surface area contributed by atoms with E-state index in [-0.39, 0.29) is 12.2 Å². The van der Waals surface area contributed by atoms with Gasteiger partial charge in [0.15, 0.2) is 11.4 Å². The van der Waals surface area contributed by atoms with Gasteiger partial charge in [0, 0.05) is 15.6 Å². The second-order valence-electron chi connectivity index (χ2n) is 8.40. The maximum Gasteiger partial charge on any atom is 0.264 e. The summed E-state index contributed by atoms with van der Waals surface area (Å²) in [7, 11) is 0. The average Bonchev–Trinajstić information content (AvgIpc) is 2.98. The van der Waals surface area contributed by atoms with Crippen molar-refractivity contribution in [2.75, 3.05) is 11.5 Å². The number of carbonyl (C=O) groups is 2. The molecule has 3 aromatic carbocycles. The molecule has 33 heavy (non-hydrogen) atoms. The van der Waals surface area contributed by atoms with Crippen LogP contribution in [-0.2, 0) is 16.9 Å². The van der Waals surface area contributed by atoms with E-state index < -0.39 is 11.5 Å². The van der Waals surface area contributed by atoms with Crippen molar-refractivity contribution >= 4 is 33.3 Å². The highest BCUT2D eigenvalue weighted by Gasteiger charge is 2.51. The Morgan fingerprint density at radius 3 is 2.48 bits per heavy atom. The van der Waals surface area contributed by atoms with Crippen molar-refractivity contribution in [3.8, 4) is 5.75 Å². The monoisotopic (exact) mass is 507 g/mol. The number of ether oxygens (including phenoxy) is 1. The molecule has 0 saturated carbocycles. The van der Waals surface area contributed by atoms with Gasteiger partial charge in [-0.2, -0.15) is 0 Å². The number of aryl methyl sites for hydroxylation is 2. The van der Waals surface area contributed by atoms with E-state index in [0.717, 1.165) is 21.2 Å². The van der Waals surface area contributed by atoms with E-state index in [2.05, 4.69) is 15.9 Å². The van der Waals surface area contributed by atoms with Crippen molar-refractivity contribution in [2.45, 2.75) is 39.3 Å². The van der Waals surface area contributed by atoms with Gasteiger partial charge in [0.25, 0.3) is 5.91 Å². The van der Waals surface area contributed by atoms with Gasteiger partial charge in [0.1, 0.15) is 5.75 Å². The number of ketones is 1. The zero-order chi connectivity index (χ0) is 23.8. The lowest BCUT2D eigenvalue weighted by atomic mass is 9.88. The molecule has 0 spiro atoms. The topological polar surface area (TPSA) is 66.8 Å². The molecule has 3 aromatic rings. The maximum atomic E-state index is 13.6. The van der Waals surface area contributed by atoms with Crippen LogP contribution in [0.25, 0.3) is 0 Å². The molecule has 170 valence electrons. The quantitative estimate of drug-likeness (QED) is 0.430. The van der Waals surface area contributed by atoms with Crippen LogP contribution in [0, 0.1) is 13.8 Å². The molecule has 1 heterocycles. The summed E-state index contributed by atoms with van der Waals surface area (Å²) in [5, 5.41) is 11.6. The first kappa shape index (κ1) is 23.2. The van der Waals surface area contributed by atoms with Crippen molar-refractivity contribution in [3.63, 3.8) is 0 Å². The Labute approximate surface area is 202 Å². The third-order valence-corrected chi connectivity index (χ3v) is 6.52. The summed E-state index contributed by atoms with van der Waals surface area (Å²) in [5.41, 5.74) is 2.69. The fourth-order valence-corrected chi connectivity index (χ4v) is 4.59. The first-order chi connectivity index (χ1) is 15.7. The summed E-state index contributed by atoms with van der Waals surface area (Å²) in [6, 6.07) is 18.2. The third-order valence-electron chi connectivity index (χ3n) is 6.03. The maximum absolute atomic E-state index is 13.6. The van der Waals surface area contributed by atoms with Crippen molar-refractivity contribution in [1.29, 1.82) is 0 Å². The molecule has 6 heteroatoms. The van der Waals surface area contributed by atoms with E-state index in [1.54, 1.807) is 35.2 Å². The number of anilines is 1. The van der Waals surface area contributed by atoms with E-state index in [9.17, 15) is 14.7 Å². The van der Waals surface area contributed by atoms with Crippen LogP contribution in [0.2, 0.25) is 0 Å². The van der Waals surface area contributed by atoms with Gasteiger partial charge in [-0.05, 0) is 74.4 Å². The number of aliphatic hydroxyl groups is 1. The highest BCUT2D eigenvalue weighted by Crippen LogP contribution is 2.45. The van der Waals surface area contributed by atoms with Gasteiger partial charge >= 0.3 is 0 Å². The largest absolute Gasteiger partial charge is 0.494 e. The van der Waals surface area contributed by atoms with E-state index in [1.165, 1.54) is 0 Å². The molecule has 5 nitrogen and oxygen atoms in total. The van der Waals surface area contributed by atoms with Crippen molar-refractivity contribution < 1.29 is 19.4 Å². The summed E-state index contributed by atoms with van der Waals surface area (Å²) < 4.78 is 6.16. The van der Waals surface area contributed by atoms with Crippen LogP contribution in [0.1, 0.15) is 46.0 Å². The molecule has 0 unspecified atom stereocenters. The summed E-state index contributed by atoms with van der Waals surface area (Å²) in [6.07, 6.45) is -0.341. The predicted molar refractivity (Wildman–Crippen MR) is 132 cm³/mol. The molecule has 0 fully saturated rings. The lowest BCUT2D eigenvalue weighted by molar-refractivity contribution is -0.136. The standard InChI is InChI=1S/C27H26BrNO4/c1-4-33-22-10-7-19(8-11-22)25(30)15-27(32)23-14-21(28)9-12-24(23)29(26(27)31)16-20-13-17(2)5-6-18(20)3/h5-14,32H,4,15-16H2,1-3H3/t27-/m1/s1. The fourth-order valence-electron chi connectivity index (χ4n) is 4.23. The van der Waals surface area contributed by atoms with Crippen LogP contribution in [0.5, 0.6) is 5.75 Å². The van der Waals surface area contributed by atoms with E-state index in [1.807, 2.05) is 51.1 Å². The van der Waals surface area contributed by atoms with Crippen LogP contribution >= 0.6 is 15.9 Å². The molecule has 4 rings (SSSR count). The lowest BCUT2D eigenvalue weighted by Gasteiger charge is -2.23. The summed E-state index contributed by atoms with van der Waals surface area (Å²) >= 11 is 3.44. The number of carbonyl (C=O) groups excluding carboxylic acids is 2. The number of hydrogen-bond donors (Lipinski definition) is 1. The number of Topliss-reactive ketones (excluding diaryl/α,β-unsaturated/α-hetero) is 1. The molecule has 1 amide bonds. The molecule has 1 aliphatic rings. The zero-order valence-electron chi connectivity index (χ0n) is 18.9. The Bertz CT molecular complexity index is 1220. The molecule has 0 radical (unpaired) electrons. The highest BCUT2D eigenvalue weighted by molar-refractivity contribution is 9.10. The van der Waals surface area contributed by atoms with Gasteiger partial charge in [-0.25, -0.2) is 0 Å². The summed E-state index contributed by atoms with van der Waals surface area (Å²) in [5.74, 6) is -0.136. The van der Waals surface area contributed by atoms with Crippen LogP contribution in [0.3, 0.4) is 0 Å². The van der Waals surface area contributed by atoms with Crippen LogP contribution in [0.15, 0.2) is 65.1 Å². The summed E-state index contributed by atoms with van der Waals surface area (Å²) in [6.45, 7) is 6.74. The minimum Gasteiger partial charge on any atom is -0.494 e. The first-order valence-corrected chi connectivity index (χ1v) is 11.7. The Morgan fingerprint density at radius 1 is 1.06 bits per heavy atom. The predicted octanol–water partition coefficient (Wildman–Crippen LogP) is 5.47. The number of nitrogens with zero attached hydrogens (tertiary/aromatic N) is 1. The van der Waals surface area contributed by atoms with Crippen LogP contribution in [0.4, 0.5) is 5.69 Å². The Hall–Kier alpha value is -2.96. The van der Waals surface area contributed by atoms with Crippen molar-refractivity contribution in [3.05, 3.63) is 93.0 Å². The minimum atomic E-state index is -1.94. The van der Waals surface area contributed by atoms with E-state index >= 15 is 0 Å². The van der Waals surface area contributed by atoms with E-state index in [4.69, 9.17) is 4.74 Å². The van der Waals surface area contributed by atoms with Gasteiger partial charge in [-0.3, -0.25) is 9.59 Å². The average molecular weight is 508 g/mol.